The summed E-state index contributed by atoms with van der Waals surface area (Å²) >= 11 is 0. The van der Waals surface area contributed by atoms with E-state index in [4.69, 9.17) is 0 Å². The number of anilines is 1. The number of aromatic nitrogens is 6. The van der Waals surface area contributed by atoms with Gasteiger partial charge in [-0.1, -0.05) is 5.21 Å². The van der Waals surface area contributed by atoms with Crippen LogP contribution in [0.3, 0.4) is 0 Å². The van der Waals surface area contributed by atoms with Crippen molar-refractivity contribution in [2.24, 2.45) is 0 Å². The molecule has 0 aliphatic heterocycles. The van der Waals surface area contributed by atoms with Crippen molar-refractivity contribution in [3.8, 4) is 5.69 Å². The van der Waals surface area contributed by atoms with E-state index in [0.717, 1.165) is 18.5 Å². The highest BCUT2D eigenvalue weighted by molar-refractivity contribution is 6.02. The van der Waals surface area contributed by atoms with E-state index in [2.05, 4.69) is 30.8 Å². The minimum absolute atomic E-state index is 0.227. The minimum Gasteiger partial charge on any atom is -0.289 e. The van der Waals surface area contributed by atoms with Gasteiger partial charge in [-0.15, -0.1) is 5.10 Å². The molecule has 0 saturated heterocycles. The third-order valence-electron chi connectivity index (χ3n) is 3.60. The summed E-state index contributed by atoms with van der Waals surface area (Å²) in [6.45, 7) is 0. The van der Waals surface area contributed by atoms with E-state index in [0.29, 0.717) is 5.69 Å². The number of hydrogen-bond donors (Lipinski definition) is 2. The molecule has 1 aromatic carbocycles. The van der Waals surface area contributed by atoms with Crippen molar-refractivity contribution >= 4 is 11.9 Å². The fourth-order valence-electron chi connectivity index (χ4n) is 2.38. The number of rotatable bonds is 4. The van der Waals surface area contributed by atoms with Gasteiger partial charge in [-0.2, -0.15) is 10.1 Å². The molecule has 0 atom stereocenters. The first-order valence-electron chi connectivity index (χ1n) is 7.10. The van der Waals surface area contributed by atoms with Crippen LogP contribution in [0.4, 0.5) is 10.3 Å². The van der Waals surface area contributed by atoms with Crippen LogP contribution in [0.2, 0.25) is 0 Å². The predicted octanol–water partition coefficient (Wildman–Crippen LogP) is 1.65. The number of aromatic amines is 1. The lowest BCUT2D eigenvalue weighted by Gasteiger charge is -2.06. The van der Waals surface area contributed by atoms with E-state index in [1.165, 1.54) is 18.5 Å². The van der Waals surface area contributed by atoms with E-state index >= 15 is 0 Å². The van der Waals surface area contributed by atoms with E-state index in [1.807, 2.05) is 0 Å². The van der Waals surface area contributed by atoms with Crippen LogP contribution in [0.1, 0.15) is 34.9 Å². The van der Waals surface area contributed by atoms with Crippen molar-refractivity contribution < 1.29 is 9.18 Å². The summed E-state index contributed by atoms with van der Waals surface area (Å²) in [5, 5.41) is 16.9. The number of carbonyl (C=O) groups is 1. The SMILES string of the molecule is O=C(Nc1ncn[nH]1)c1nnn(-c2ccc(F)cc2)c1C1CC1. The van der Waals surface area contributed by atoms with Crippen molar-refractivity contribution in [2.45, 2.75) is 18.8 Å². The first-order valence-corrected chi connectivity index (χ1v) is 7.10. The average Bonchev–Trinajstić information content (AvgIpc) is 3.08. The first kappa shape index (κ1) is 13.6. The van der Waals surface area contributed by atoms with Gasteiger partial charge in [0.1, 0.15) is 12.1 Å². The quantitative estimate of drug-likeness (QED) is 0.762. The lowest BCUT2D eigenvalue weighted by molar-refractivity contribution is 0.102. The van der Waals surface area contributed by atoms with Gasteiger partial charge >= 0.3 is 0 Å². The van der Waals surface area contributed by atoms with E-state index in [1.54, 1.807) is 16.8 Å². The summed E-state index contributed by atoms with van der Waals surface area (Å²) in [6.07, 6.45) is 3.24. The molecule has 8 nitrogen and oxygen atoms in total. The molecule has 1 aliphatic carbocycles. The second-order valence-corrected chi connectivity index (χ2v) is 5.27. The molecule has 0 spiro atoms. The van der Waals surface area contributed by atoms with Crippen LogP contribution in [0, 0.1) is 5.82 Å². The van der Waals surface area contributed by atoms with Gasteiger partial charge in [0.2, 0.25) is 5.95 Å². The maximum absolute atomic E-state index is 13.1. The van der Waals surface area contributed by atoms with Crippen LogP contribution in [-0.4, -0.2) is 36.1 Å². The highest BCUT2D eigenvalue weighted by Crippen LogP contribution is 2.42. The zero-order chi connectivity index (χ0) is 15.8. The summed E-state index contributed by atoms with van der Waals surface area (Å²) in [4.78, 5) is 16.2. The molecular weight excluding hydrogens is 301 g/mol. The number of amides is 1. The Bertz CT molecular complexity index is 837. The van der Waals surface area contributed by atoms with Crippen LogP contribution >= 0.6 is 0 Å². The molecule has 1 amide bonds. The van der Waals surface area contributed by atoms with Gasteiger partial charge in [-0.3, -0.25) is 10.1 Å². The Hall–Kier alpha value is -3.10. The summed E-state index contributed by atoms with van der Waals surface area (Å²) in [7, 11) is 0. The van der Waals surface area contributed by atoms with Crippen molar-refractivity contribution in [3.05, 3.63) is 47.8 Å². The molecule has 9 heteroatoms. The van der Waals surface area contributed by atoms with Crippen LogP contribution in [0.25, 0.3) is 5.69 Å². The van der Waals surface area contributed by atoms with E-state index in [-0.39, 0.29) is 23.4 Å². The van der Waals surface area contributed by atoms with Crippen LogP contribution < -0.4 is 5.32 Å². The molecule has 2 heterocycles. The predicted molar refractivity (Wildman–Crippen MR) is 77.6 cm³/mol. The van der Waals surface area contributed by atoms with Crippen LogP contribution in [-0.2, 0) is 0 Å². The Morgan fingerprint density at radius 1 is 1.30 bits per heavy atom. The van der Waals surface area contributed by atoms with Gasteiger partial charge in [-0.05, 0) is 37.1 Å². The number of hydrogen-bond acceptors (Lipinski definition) is 5. The summed E-state index contributed by atoms with van der Waals surface area (Å²) in [5.74, 6) is -0.263. The third kappa shape index (κ3) is 2.56. The Labute approximate surface area is 129 Å². The van der Waals surface area contributed by atoms with Crippen molar-refractivity contribution in [3.63, 3.8) is 0 Å². The van der Waals surface area contributed by atoms with Crippen LogP contribution in [0.5, 0.6) is 0 Å². The lowest BCUT2D eigenvalue weighted by Crippen LogP contribution is -2.16. The maximum atomic E-state index is 13.1. The Morgan fingerprint density at radius 2 is 2.09 bits per heavy atom. The molecule has 1 saturated carbocycles. The van der Waals surface area contributed by atoms with Crippen LogP contribution in [0.15, 0.2) is 30.6 Å². The number of benzene rings is 1. The second-order valence-electron chi connectivity index (χ2n) is 5.27. The van der Waals surface area contributed by atoms with Gasteiger partial charge in [-0.25, -0.2) is 14.2 Å². The largest absolute Gasteiger partial charge is 0.289 e. The van der Waals surface area contributed by atoms with Crippen molar-refractivity contribution in [2.75, 3.05) is 5.32 Å². The molecule has 0 bridgehead atoms. The normalized spacial score (nSPS) is 14.0. The first-order chi connectivity index (χ1) is 11.2. The average molecular weight is 313 g/mol. The second kappa shape index (κ2) is 5.27. The van der Waals surface area contributed by atoms with Gasteiger partial charge < -0.3 is 0 Å². The molecule has 0 unspecified atom stereocenters. The molecular formula is C14H12FN7O. The van der Waals surface area contributed by atoms with Gasteiger partial charge in [0, 0.05) is 5.92 Å². The molecule has 2 N–H and O–H groups in total. The van der Waals surface area contributed by atoms with E-state index < -0.39 is 5.91 Å². The zero-order valence-corrected chi connectivity index (χ0v) is 11.9. The number of H-pyrrole nitrogens is 1. The number of nitrogens with zero attached hydrogens (tertiary/aromatic N) is 5. The standard InChI is InChI=1S/C14H12FN7O/c15-9-3-5-10(6-4-9)22-12(8-1-2-8)11(19-21-22)13(23)18-14-16-7-17-20-14/h3-8H,1-2H2,(H2,16,17,18,20,23). The highest BCUT2D eigenvalue weighted by atomic mass is 19.1. The van der Waals surface area contributed by atoms with Gasteiger partial charge in [0.05, 0.1) is 11.4 Å². The topological polar surface area (TPSA) is 101 Å². The Morgan fingerprint density at radius 3 is 2.74 bits per heavy atom. The molecule has 116 valence electrons. The molecule has 3 aromatic rings. The summed E-state index contributed by atoms with van der Waals surface area (Å²) < 4.78 is 14.7. The Kier molecular flexibility index (Phi) is 3.11. The number of halogens is 1. The fourth-order valence-corrected chi connectivity index (χ4v) is 2.38. The Balaban J connectivity index is 1.70. The molecule has 23 heavy (non-hydrogen) atoms. The lowest BCUT2D eigenvalue weighted by atomic mass is 10.2. The summed E-state index contributed by atoms with van der Waals surface area (Å²) in [6, 6.07) is 5.91. The van der Waals surface area contributed by atoms with Crippen molar-refractivity contribution in [1.29, 1.82) is 0 Å². The molecule has 1 aliphatic rings. The fraction of sp³-hybridized carbons (Fsp3) is 0.214. The van der Waals surface area contributed by atoms with Crippen molar-refractivity contribution in [1.82, 2.24) is 30.2 Å². The number of nitrogens with one attached hydrogen (secondary N) is 2. The maximum Gasteiger partial charge on any atom is 0.280 e. The third-order valence-corrected chi connectivity index (χ3v) is 3.60. The van der Waals surface area contributed by atoms with Gasteiger partial charge in [0.25, 0.3) is 5.91 Å². The molecule has 1 fully saturated rings. The molecule has 0 radical (unpaired) electrons. The number of carbonyl (C=O) groups excluding carboxylic acids is 1. The summed E-state index contributed by atoms with van der Waals surface area (Å²) in [5.41, 5.74) is 1.64. The van der Waals surface area contributed by atoms with E-state index in [9.17, 15) is 9.18 Å². The van der Waals surface area contributed by atoms with Gasteiger partial charge in [0.15, 0.2) is 5.69 Å². The zero-order valence-electron chi connectivity index (χ0n) is 11.9. The minimum atomic E-state index is -0.406. The monoisotopic (exact) mass is 313 g/mol. The smallest absolute Gasteiger partial charge is 0.280 e. The highest BCUT2D eigenvalue weighted by Gasteiger charge is 2.34. The molecule has 4 rings (SSSR count). The molecule has 2 aromatic heterocycles.